The number of unbranched alkanes of at least 4 members (excludes halogenated alkanes) is 1. The van der Waals surface area contributed by atoms with Crippen LogP contribution in [0.25, 0.3) is 0 Å². The predicted octanol–water partition coefficient (Wildman–Crippen LogP) is 4.77. The van der Waals surface area contributed by atoms with Crippen LogP contribution in [0.5, 0.6) is 5.75 Å². The number of rotatable bonds is 7. The molecule has 2 aliphatic rings. The number of hydrogen-bond donors (Lipinski definition) is 0. The van der Waals surface area contributed by atoms with E-state index in [1.807, 2.05) is 12.3 Å². The second-order valence-corrected chi connectivity index (χ2v) is 8.88. The average molecular weight is 388 g/mol. The van der Waals surface area contributed by atoms with Gasteiger partial charge in [0.1, 0.15) is 5.75 Å². The highest BCUT2D eigenvalue weighted by Gasteiger charge is 2.49. The van der Waals surface area contributed by atoms with Crippen molar-refractivity contribution in [2.45, 2.75) is 56.0 Å². The van der Waals surface area contributed by atoms with Gasteiger partial charge in [0.05, 0.1) is 19.3 Å². The summed E-state index contributed by atoms with van der Waals surface area (Å²) in [5.74, 6) is 1.03. The van der Waals surface area contributed by atoms with Gasteiger partial charge >= 0.3 is 0 Å². The van der Waals surface area contributed by atoms with E-state index in [9.17, 15) is 0 Å². The standard InChI is InChI=1S/C22H29NO3S/c1-24-18-8-15-27-19(18)6-2-4-9-21(20-7-3-5-12-23-20)10-14-26-22(16-21)11-13-25-17-22/h3,5,7-8,12,15H,2,4,6,9-11,13-14,16-17H2,1H3/t21-,22+/m1/s1. The van der Waals surface area contributed by atoms with Crippen molar-refractivity contribution in [1.29, 1.82) is 0 Å². The number of nitrogens with zero attached hydrogens (tertiary/aromatic N) is 1. The Balaban J connectivity index is 1.46. The third kappa shape index (κ3) is 4.05. The number of aryl methyl sites for hydroxylation is 1. The zero-order chi connectivity index (χ0) is 18.6. The lowest BCUT2D eigenvalue weighted by molar-refractivity contribution is -0.109. The van der Waals surface area contributed by atoms with E-state index in [0.29, 0.717) is 0 Å². The van der Waals surface area contributed by atoms with Gasteiger partial charge in [-0.2, -0.15) is 0 Å². The summed E-state index contributed by atoms with van der Waals surface area (Å²) in [4.78, 5) is 6.13. The topological polar surface area (TPSA) is 40.6 Å². The highest BCUT2D eigenvalue weighted by atomic mass is 32.1. The van der Waals surface area contributed by atoms with Crippen LogP contribution in [-0.4, -0.2) is 37.5 Å². The number of methoxy groups -OCH3 is 1. The van der Waals surface area contributed by atoms with E-state index >= 15 is 0 Å². The summed E-state index contributed by atoms with van der Waals surface area (Å²) in [6, 6.07) is 8.40. The minimum absolute atomic E-state index is 0.104. The van der Waals surface area contributed by atoms with Crippen molar-refractivity contribution in [3.8, 4) is 5.75 Å². The van der Waals surface area contributed by atoms with Gasteiger partial charge in [-0.1, -0.05) is 12.5 Å². The monoisotopic (exact) mass is 387 g/mol. The van der Waals surface area contributed by atoms with Crippen LogP contribution >= 0.6 is 11.3 Å². The molecule has 4 heterocycles. The first kappa shape index (κ1) is 18.9. The highest BCUT2D eigenvalue weighted by Crippen LogP contribution is 2.47. The fraction of sp³-hybridized carbons (Fsp3) is 0.591. The zero-order valence-electron chi connectivity index (χ0n) is 16.1. The van der Waals surface area contributed by atoms with Gasteiger partial charge in [0, 0.05) is 41.8 Å². The number of aromatic nitrogens is 1. The van der Waals surface area contributed by atoms with E-state index in [1.54, 1.807) is 18.4 Å². The van der Waals surface area contributed by atoms with Crippen LogP contribution in [0.4, 0.5) is 0 Å². The van der Waals surface area contributed by atoms with E-state index in [2.05, 4.69) is 23.6 Å². The van der Waals surface area contributed by atoms with E-state index in [1.165, 1.54) is 23.4 Å². The molecule has 4 nitrogen and oxygen atoms in total. The second kappa shape index (κ2) is 8.29. The normalized spacial score (nSPS) is 27.9. The van der Waals surface area contributed by atoms with Crippen molar-refractivity contribution < 1.29 is 14.2 Å². The molecule has 0 saturated carbocycles. The van der Waals surface area contributed by atoms with Gasteiger partial charge in [-0.3, -0.25) is 4.98 Å². The summed E-state index contributed by atoms with van der Waals surface area (Å²) < 4.78 is 17.4. The number of pyridine rings is 1. The molecule has 2 aromatic rings. The Hall–Kier alpha value is -1.43. The van der Waals surface area contributed by atoms with Crippen LogP contribution < -0.4 is 4.74 Å². The van der Waals surface area contributed by atoms with E-state index in [0.717, 1.165) is 57.7 Å². The van der Waals surface area contributed by atoms with Crippen molar-refractivity contribution in [2.75, 3.05) is 26.9 Å². The maximum atomic E-state index is 6.23. The van der Waals surface area contributed by atoms with Gasteiger partial charge in [-0.25, -0.2) is 0 Å². The summed E-state index contributed by atoms with van der Waals surface area (Å²) in [6.07, 6.45) is 9.62. The molecule has 1 spiro atoms. The molecule has 0 aliphatic carbocycles. The van der Waals surface area contributed by atoms with Crippen LogP contribution in [0.3, 0.4) is 0 Å². The molecular formula is C22H29NO3S. The molecule has 0 amide bonds. The first-order valence-electron chi connectivity index (χ1n) is 9.99. The van der Waals surface area contributed by atoms with Crippen molar-refractivity contribution in [3.05, 3.63) is 46.4 Å². The van der Waals surface area contributed by atoms with Gasteiger partial charge in [-0.15, -0.1) is 11.3 Å². The lowest BCUT2D eigenvalue weighted by Crippen LogP contribution is -2.48. The van der Waals surface area contributed by atoms with Gasteiger partial charge in [0.15, 0.2) is 0 Å². The predicted molar refractivity (Wildman–Crippen MR) is 108 cm³/mol. The quantitative estimate of drug-likeness (QED) is 0.642. The average Bonchev–Trinajstić information content (AvgIpc) is 3.35. The largest absolute Gasteiger partial charge is 0.496 e. The minimum atomic E-state index is -0.104. The lowest BCUT2D eigenvalue weighted by Gasteiger charge is -2.45. The van der Waals surface area contributed by atoms with Crippen molar-refractivity contribution in [2.24, 2.45) is 0 Å². The fourth-order valence-corrected chi connectivity index (χ4v) is 5.62. The Kier molecular flexibility index (Phi) is 5.81. The molecule has 2 fully saturated rings. The van der Waals surface area contributed by atoms with E-state index < -0.39 is 0 Å². The van der Waals surface area contributed by atoms with E-state index in [4.69, 9.17) is 19.2 Å². The number of hydrogen-bond acceptors (Lipinski definition) is 5. The summed E-state index contributed by atoms with van der Waals surface area (Å²) in [7, 11) is 1.76. The van der Waals surface area contributed by atoms with Crippen molar-refractivity contribution in [3.63, 3.8) is 0 Å². The summed E-state index contributed by atoms with van der Waals surface area (Å²) in [6.45, 7) is 2.35. The maximum absolute atomic E-state index is 6.23. The summed E-state index contributed by atoms with van der Waals surface area (Å²) in [5, 5.41) is 2.12. The molecule has 27 heavy (non-hydrogen) atoms. The third-order valence-corrected chi connectivity index (χ3v) is 7.12. The van der Waals surface area contributed by atoms with Crippen LogP contribution in [0, 0.1) is 0 Å². The maximum Gasteiger partial charge on any atom is 0.132 e. The Morgan fingerprint density at radius 1 is 1.19 bits per heavy atom. The SMILES string of the molecule is COc1ccsc1CCCC[C@@]1(c2ccccn2)CCO[C@@]2(CCOC2)C1. The molecule has 5 heteroatoms. The molecule has 2 saturated heterocycles. The first-order chi connectivity index (χ1) is 13.3. The number of thiophene rings is 1. The molecule has 2 aliphatic heterocycles. The van der Waals surface area contributed by atoms with Crippen LogP contribution in [0.1, 0.15) is 49.1 Å². The number of ether oxygens (including phenoxy) is 3. The molecular weight excluding hydrogens is 358 g/mol. The summed E-state index contributed by atoms with van der Waals surface area (Å²) >= 11 is 1.80. The van der Waals surface area contributed by atoms with E-state index in [-0.39, 0.29) is 11.0 Å². The Bertz CT molecular complexity index is 726. The molecule has 0 unspecified atom stereocenters. The molecule has 2 aromatic heterocycles. The molecule has 2 atom stereocenters. The second-order valence-electron chi connectivity index (χ2n) is 7.88. The molecule has 4 rings (SSSR count). The van der Waals surface area contributed by atoms with Crippen LogP contribution in [0.15, 0.2) is 35.8 Å². The van der Waals surface area contributed by atoms with Crippen molar-refractivity contribution in [1.82, 2.24) is 4.98 Å². The van der Waals surface area contributed by atoms with Gasteiger partial charge < -0.3 is 14.2 Å². The molecule has 146 valence electrons. The van der Waals surface area contributed by atoms with Crippen LogP contribution in [-0.2, 0) is 21.3 Å². The molecule has 0 radical (unpaired) electrons. The Morgan fingerprint density at radius 2 is 2.15 bits per heavy atom. The third-order valence-electron chi connectivity index (χ3n) is 6.16. The molecule has 0 aromatic carbocycles. The van der Waals surface area contributed by atoms with Gasteiger partial charge in [0.25, 0.3) is 0 Å². The van der Waals surface area contributed by atoms with Gasteiger partial charge in [-0.05, 0) is 55.7 Å². The fourth-order valence-electron chi connectivity index (χ4n) is 4.74. The van der Waals surface area contributed by atoms with Gasteiger partial charge in [0.2, 0.25) is 0 Å². The minimum Gasteiger partial charge on any atom is -0.496 e. The first-order valence-corrected chi connectivity index (χ1v) is 10.9. The zero-order valence-corrected chi connectivity index (χ0v) is 16.9. The highest BCUT2D eigenvalue weighted by molar-refractivity contribution is 7.10. The smallest absolute Gasteiger partial charge is 0.132 e. The lowest BCUT2D eigenvalue weighted by atomic mass is 9.67. The Morgan fingerprint density at radius 3 is 2.93 bits per heavy atom. The Labute approximate surface area is 165 Å². The van der Waals surface area contributed by atoms with Crippen LogP contribution in [0.2, 0.25) is 0 Å². The summed E-state index contributed by atoms with van der Waals surface area (Å²) in [5.41, 5.74) is 1.23. The molecule has 0 N–H and O–H groups in total. The van der Waals surface area contributed by atoms with Crippen molar-refractivity contribution >= 4 is 11.3 Å². The molecule has 0 bridgehead atoms.